The van der Waals surface area contributed by atoms with E-state index in [2.05, 4.69) is 12.2 Å². The van der Waals surface area contributed by atoms with Crippen LogP contribution in [-0.4, -0.2) is 26.2 Å². The molecule has 4 heteroatoms. The van der Waals surface area contributed by atoms with E-state index in [4.69, 9.17) is 9.47 Å². The minimum atomic E-state index is -0.0597. The lowest BCUT2D eigenvalue weighted by Gasteiger charge is -2.08. The van der Waals surface area contributed by atoms with Crippen molar-refractivity contribution >= 4 is 5.91 Å². The monoisotopic (exact) mass is 405 g/mol. The van der Waals surface area contributed by atoms with Gasteiger partial charge in [-0.15, -0.1) is 0 Å². The van der Waals surface area contributed by atoms with E-state index in [9.17, 15) is 4.79 Å². The maximum absolute atomic E-state index is 11.8. The Balaban J connectivity index is 1.82. The molecular weight excluding hydrogens is 362 g/mol. The molecule has 0 bridgehead atoms. The summed E-state index contributed by atoms with van der Waals surface area (Å²) in [5.41, 5.74) is 0. The van der Waals surface area contributed by atoms with E-state index >= 15 is 0 Å². The van der Waals surface area contributed by atoms with Gasteiger partial charge in [-0.3, -0.25) is 4.79 Å². The van der Waals surface area contributed by atoms with Crippen LogP contribution in [0.15, 0.2) is 24.3 Å². The molecule has 0 aromatic heterocycles. The Morgan fingerprint density at radius 1 is 0.724 bits per heavy atom. The number of methoxy groups -OCH3 is 1. The van der Waals surface area contributed by atoms with E-state index in [1.165, 1.54) is 83.5 Å². The zero-order valence-corrected chi connectivity index (χ0v) is 18.8. The first-order valence-electron chi connectivity index (χ1n) is 11.8. The van der Waals surface area contributed by atoms with E-state index in [0.717, 1.165) is 18.7 Å². The van der Waals surface area contributed by atoms with Crippen molar-refractivity contribution in [1.29, 1.82) is 0 Å². The Labute approximate surface area is 178 Å². The highest BCUT2D eigenvalue weighted by molar-refractivity contribution is 5.77. The Bertz CT molecular complexity index is 501. The molecule has 1 rings (SSSR count). The number of rotatable bonds is 19. The van der Waals surface area contributed by atoms with E-state index in [1.54, 1.807) is 19.2 Å². The molecule has 166 valence electrons. The van der Waals surface area contributed by atoms with E-state index < -0.39 is 0 Å². The zero-order chi connectivity index (χ0) is 21.0. The molecule has 4 nitrogen and oxygen atoms in total. The molecule has 0 heterocycles. The molecule has 1 N–H and O–H groups in total. The maximum Gasteiger partial charge on any atom is 0.257 e. The lowest BCUT2D eigenvalue weighted by molar-refractivity contribution is -0.123. The van der Waals surface area contributed by atoms with Gasteiger partial charge in [-0.2, -0.15) is 0 Å². The summed E-state index contributed by atoms with van der Waals surface area (Å²) < 4.78 is 10.6. The Hall–Kier alpha value is -1.71. The summed E-state index contributed by atoms with van der Waals surface area (Å²) >= 11 is 0. The number of carbonyl (C=O) groups is 1. The van der Waals surface area contributed by atoms with Crippen LogP contribution in [0.5, 0.6) is 11.5 Å². The smallest absolute Gasteiger partial charge is 0.257 e. The molecule has 29 heavy (non-hydrogen) atoms. The molecule has 0 radical (unpaired) electrons. The lowest BCUT2D eigenvalue weighted by Crippen LogP contribution is -2.29. The van der Waals surface area contributed by atoms with Crippen molar-refractivity contribution in [2.24, 2.45) is 0 Å². The van der Waals surface area contributed by atoms with Crippen molar-refractivity contribution in [3.05, 3.63) is 24.3 Å². The van der Waals surface area contributed by atoms with Crippen molar-refractivity contribution < 1.29 is 14.3 Å². The van der Waals surface area contributed by atoms with Crippen LogP contribution in [0.1, 0.15) is 96.8 Å². The first kappa shape index (κ1) is 25.3. The number of hydrogen-bond acceptors (Lipinski definition) is 3. The number of hydrogen-bond donors (Lipinski definition) is 1. The summed E-state index contributed by atoms with van der Waals surface area (Å²) in [6.45, 7) is 3.07. The minimum absolute atomic E-state index is 0.0597. The molecule has 0 saturated carbocycles. The number of amides is 1. The molecule has 0 fully saturated rings. The van der Waals surface area contributed by atoms with Crippen LogP contribution in [0.25, 0.3) is 0 Å². The fourth-order valence-electron chi connectivity index (χ4n) is 3.42. The number of nitrogens with one attached hydrogen (secondary N) is 1. The molecule has 0 unspecified atom stereocenters. The van der Waals surface area contributed by atoms with Gasteiger partial charge in [0.25, 0.3) is 5.91 Å². The Kier molecular flexibility index (Phi) is 16.0. The van der Waals surface area contributed by atoms with Crippen molar-refractivity contribution in [2.45, 2.75) is 96.8 Å². The van der Waals surface area contributed by atoms with Gasteiger partial charge < -0.3 is 14.8 Å². The van der Waals surface area contributed by atoms with Crippen LogP contribution in [0.3, 0.4) is 0 Å². The van der Waals surface area contributed by atoms with Crippen LogP contribution in [0.2, 0.25) is 0 Å². The van der Waals surface area contributed by atoms with Gasteiger partial charge in [-0.05, 0) is 30.7 Å². The van der Waals surface area contributed by atoms with Gasteiger partial charge >= 0.3 is 0 Å². The highest BCUT2D eigenvalue weighted by Gasteiger charge is 2.02. The third-order valence-corrected chi connectivity index (χ3v) is 5.28. The SMILES string of the molecule is CCCCCCCCCCCCCCCCNC(=O)COc1ccc(OC)cc1. The van der Waals surface area contributed by atoms with Gasteiger partial charge in [-0.25, -0.2) is 0 Å². The summed E-state index contributed by atoms with van der Waals surface area (Å²) in [4.78, 5) is 11.8. The summed E-state index contributed by atoms with van der Waals surface area (Å²) in [5.74, 6) is 1.40. The number of unbranched alkanes of at least 4 members (excludes halogenated alkanes) is 13. The van der Waals surface area contributed by atoms with Crippen molar-refractivity contribution in [3.8, 4) is 11.5 Å². The summed E-state index contributed by atoms with van der Waals surface area (Å²) in [5, 5.41) is 2.93. The second-order valence-electron chi connectivity index (χ2n) is 7.91. The Morgan fingerprint density at radius 3 is 1.66 bits per heavy atom. The molecule has 0 aliphatic heterocycles. The fraction of sp³-hybridized carbons (Fsp3) is 0.720. The van der Waals surface area contributed by atoms with Crippen molar-refractivity contribution in [1.82, 2.24) is 5.32 Å². The maximum atomic E-state index is 11.8. The average molecular weight is 406 g/mol. The molecule has 0 atom stereocenters. The summed E-state index contributed by atoms with van der Waals surface area (Å²) in [7, 11) is 1.63. The molecule has 1 aromatic carbocycles. The third-order valence-electron chi connectivity index (χ3n) is 5.28. The number of benzene rings is 1. The normalized spacial score (nSPS) is 10.7. The molecule has 0 spiro atoms. The topological polar surface area (TPSA) is 47.6 Å². The van der Waals surface area contributed by atoms with Crippen LogP contribution >= 0.6 is 0 Å². The molecule has 1 aromatic rings. The van der Waals surface area contributed by atoms with Gasteiger partial charge in [0.05, 0.1) is 7.11 Å². The third kappa shape index (κ3) is 14.9. The quantitative estimate of drug-likeness (QED) is 0.261. The van der Waals surface area contributed by atoms with Gasteiger partial charge in [0.1, 0.15) is 11.5 Å². The molecule has 0 saturated heterocycles. The van der Waals surface area contributed by atoms with E-state index in [1.807, 2.05) is 12.1 Å². The summed E-state index contributed by atoms with van der Waals surface area (Å²) in [6, 6.07) is 7.25. The van der Waals surface area contributed by atoms with Gasteiger partial charge in [0.2, 0.25) is 0 Å². The standard InChI is InChI=1S/C25H43NO3/c1-3-4-5-6-7-8-9-10-11-12-13-14-15-16-21-26-25(27)22-29-24-19-17-23(28-2)18-20-24/h17-20H,3-16,21-22H2,1-2H3,(H,26,27). The van der Waals surface area contributed by atoms with Crippen LogP contribution in [-0.2, 0) is 4.79 Å². The largest absolute Gasteiger partial charge is 0.497 e. The highest BCUT2D eigenvalue weighted by atomic mass is 16.5. The predicted octanol–water partition coefficient (Wildman–Crippen LogP) is 6.67. The van der Waals surface area contributed by atoms with Crippen LogP contribution in [0.4, 0.5) is 0 Å². The number of carbonyl (C=O) groups excluding carboxylic acids is 1. The van der Waals surface area contributed by atoms with Crippen molar-refractivity contribution in [3.63, 3.8) is 0 Å². The summed E-state index contributed by atoms with van der Waals surface area (Å²) in [6.07, 6.45) is 18.8. The first-order chi connectivity index (χ1) is 14.3. The lowest BCUT2D eigenvalue weighted by atomic mass is 10.0. The fourth-order valence-corrected chi connectivity index (χ4v) is 3.42. The number of ether oxygens (including phenoxy) is 2. The van der Waals surface area contributed by atoms with Gasteiger partial charge in [0.15, 0.2) is 6.61 Å². The van der Waals surface area contributed by atoms with Gasteiger partial charge in [-0.1, -0.05) is 90.4 Å². The van der Waals surface area contributed by atoms with E-state index in [-0.39, 0.29) is 12.5 Å². The van der Waals surface area contributed by atoms with E-state index in [0.29, 0.717) is 5.75 Å². The zero-order valence-electron chi connectivity index (χ0n) is 18.8. The second-order valence-corrected chi connectivity index (χ2v) is 7.91. The first-order valence-corrected chi connectivity index (χ1v) is 11.8. The molecule has 1 amide bonds. The second kappa shape index (κ2) is 18.3. The average Bonchev–Trinajstić information content (AvgIpc) is 2.75. The van der Waals surface area contributed by atoms with Crippen LogP contribution < -0.4 is 14.8 Å². The minimum Gasteiger partial charge on any atom is -0.497 e. The highest BCUT2D eigenvalue weighted by Crippen LogP contribution is 2.17. The van der Waals surface area contributed by atoms with Crippen molar-refractivity contribution in [2.75, 3.05) is 20.3 Å². The molecular formula is C25H43NO3. The van der Waals surface area contributed by atoms with Crippen LogP contribution in [0, 0.1) is 0 Å². The Morgan fingerprint density at radius 2 is 1.17 bits per heavy atom. The van der Waals surface area contributed by atoms with Gasteiger partial charge in [0, 0.05) is 6.54 Å². The molecule has 0 aliphatic carbocycles. The molecule has 0 aliphatic rings. The predicted molar refractivity (Wildman–Crippen MR) is 122 cm³/mol.